The molecule has 35 heavy (non-hydrogen) atoms. The van der Waals surface area contributed by atoms with Gasteiger partial charge < -0.3 is 19.3 Å². The van der Waals surface area contributed by atoms with E-state index in [4.69, 9.17) is 9.47 Å². The van der Waals surface area contributed by atoms with E-state index >= 15 is 0 Å². The summed E-state index contributed by atoms with van der Waals surface area (Å²) in [5.74, 6) is 1.21. The Morgan fingerprint density at radius 2 is 1.77 bits per heavy atom. The second-order valence-electron chi connectivity index (χ2n) is 8.97. The first-order chi connectivity index (χ1) is 16.9. The molecule has 0 saturated heterocycles. The van der Waals surface area contributed by atoms with Crippen molar-refractivity contribution in [2.75, 3.05) is 13.3 Å². The number of aryl methyl sites for hydroxylation is 2. The van der Waals surface area contributed by atoms with E-state index in [0.29, 0.717) is 30.2 Å². The molecule has 184 valence electrons. The summed E-state index contributed by atoms with van der Waals surface area (Å²) in [7, 11) is 0. The summed E-state index contributed by atoms with van der Waals surface area (Å²) < 4.78 is 11.0. The van der Waals surface area contributed by atoms with Gasteiger partial charge in [-0.3, -0.25) is 9.59 Å². The van der Waals surface area contributed by atoms with Crippen molar-refractivity contribution in [2.45, 2.75) is 53.2 Å². The third kappa shape index (κ3) is 5.68. The van der Waals surface area contributed by atoms with Crippen LogP contribution in [0.4, 0.5) is 0 Å². The molecular formula is C28H32N2O4S. The predicted molar refractivity (Wildman–Crippen MR) is 138 cm³/mol. The average molecular weight is 493 g/mol. The molecule has 1 atom stereocenters. The lowest BCUT2D eigenvalue weighted by molar-refractivity contribution is -0.133. The monoisotopic (exact) mass is 492 g/mol. The first-order valence-electron chi connectivity index (χ1n) is 11.9. The van der Waals surface area contributed by atoms with Gasteiger partial charge in [0.1, 0.15) is 6.54 Å². The number of hydrogen-bond acceptors (Lipinski definition) is 5. The fraction of sp³-hybridized carbons (Fsp3) is 0.357. The predicted octanol–water partition coefficient (Wildman–Crippen LogP) is 5.56. The van der Waals surface area contributed by atoms with Crippen LogP contribution >= 0.6 is 11.3 Å². The van der Waals surface area contributed by atoms with E-state index < -0.39 is 0 Å². The molecule has 0 spiro atoms. The van der Waals surface area contributed by atoms with Crippen molar-refractivity contribution in [2.24, 2.45) is 0 Å². The van der Waals surface area contributed by atoms with Crippen molar-refractivity contribution < 1.29 is 19.1 Å². The van der Waals surface area contributed by atoms with Crippen molar-refractivity contribution in [3.05, 3.63) is 81.0 Å². The zero-order valence-corrected chi connectivity index (χ0v) is 21.6. The van der Waals surface area contributed by atoms with Crippen LogP contribution in [0.1, 0.15) is 52.2 Å². The second kappa shape index (κ2) is 11.0. The molecule has 6 nitrogen and oxygen atoms in total. The summed E-state index contributed by atoms with van der Waals surface area (Å²) in [6.45, 7) is 9.15. The molecule has 7 heteroatoms. The fourth-order valence-electron chi connectivity index (χ4n) is 4.09. The molecule has 0 radical (unpaired) electrons. The summed E-state index contributed by atoms with van der Waals surface area (Å²) in [5.41, 5.74) is 3.66. The minimum absolute atomic E-state index is 0.0249. The first-order valence-corrected chi connectivity index (χ1v) is 12.8. The number of thiophene rings is 1. The highest BCUT2D eigenvalue weighted by Crippen LogP contribution is 2.33. The molecule has 4 rings (SSSR count). The van der Waals surface area contributed by atoms with Crippen LogP contribution in [0.3, 0.4) is 0 Å². The number of carbonyl (C=O) groups excluding carboxylic acids is 2. The lowest BCUT2D eigenvalue weighted by Crippen LogP contribution is -2.46. The van der Waals surface area contributed by atoms with Gasteiger partial charge in [0.2, 0.25) is 12.7 Å². The summed E-state index contributed by atoms with van der Waals surface area (Å²) in [5, 5.41) is 2.04. The Morgan fingerprint density at radius 1 is 1.00 bits per heavy atom. The lowest BCUT2D eigenvalue weighted by atomic mass is 10.1. The fourth-order valence-corrected chi connectivity index (χ4v) is 5.01. The van der Waals surface area contributed by atoms with Crippen molar-refractivity contribution in [1.82, 2.24) is 9.80 Å². The van der Waals surface area contributed by atoms with Gasteiger partial charge in [0.05, 0.1) is 6.54 Å². The topological polar surface area (TPSA) is 59.1 Å². The Bertz CT molecular complexity index is 1210. The molecule has 0 unspecified atom stereocenters. The highest BCUT2D eigenvalue weighted by atomic mass is 32.1. The SMILES string of the molecule is CC[C@@H](C)N(CC(=O)N(Cc1ccc2c(c1)OCO2)Cc1sccc1C)C(=O)c1ccccc1C. The van der Waals surface area contributed by atoms with E-state index in [1.807, 2.05) is 73.5 Å². The molecule has 0 fully saturated rings. The smallest absolute Gasteiger partial charge is 0.254 e. The summed E-state index contributed by atoms with van der Waals surface area (Å²) in [4.78, 5) is 31.9. The maximum absolute atomic E-state index is 13.8. The molecule has 0 aliphatic carbocycles. The molecule has 0 saturated carbocycles. The zero-order chi connectivity index (χ0) is 24.9. The Morgan fingerprint density at radius 3 is 2.49 bits per heavy atom. The highest BCUT2D eigenvalue weighted by Gasteiger charge is 2.27. The van der Waals surface area contributed by atoms with Crippen LogP contribution in [-0.2, 0) is 17.9 Å². The number of hydrogen-bond donors (Lipinski definition) is 0. The van der Waals surface area contributed by atoms with Crippen molar-refractivity contribution in [3.8, 4) is 11.5 Å². The molecule has 2 aromatic carbocycles. The average Bonchev–Trinajstić information content (AvgIpc) is 3.49. The van der Waals surface area contributed by atoms with E-state index in [2.05, 4.69) is 13.0 Å². The van der Waals surface area contributed by atoms with Gasteiger partial charge in [-0.05, 0) is 73.5 Å². The van der Waals surface area contributed by atoms with Crippen LogP contribution in [0.25, 0.3) is 0 Å². The van der Waals surface area contributed by atoms with Crippen LogP contribution < -0.4 is 9.47 Å². The van der Waals surface area contributed by atoms with Crippen molar-refractivity contribution >= 4 is 23.2 Å². The standard InChI is InChI=1S/C28H32N2O4S/c1-5-21(4)30(28(32)23-9-7-6-8-19(23)2)17-27(31)29(16-26-20(3)12-13-35-26)15-22-10-11-24-25(14-22)34-18-33-24/h6-14,21H,5,15-18H2,1-4H3/t21-/m1/s1. The van der Waals surface area contributed by atoms with Crippen molar-refractivity contribution in [1.29, 1.82) is 0 Å². The number of rotatable bonds is 9. The quantitative estimate of drug-likeness (QED) is 0.392. The summed E-state index contributed by atoms with van der Waals surface area (Å²) in [6.07, 6.45) is 0.761. The van der Waals surface area contributed by atoms with Crippen LogP contribution in [0.15, 0.2) is 53.9 Å². The van der Waals surface area contributed by atoms with Crippen LogP contribution in [0, 0.1) is 13.8 Å². The van der Waals surface area contributed by atoms with Crippen molar-refractivity contribution in [3.63, 3.8) is 0 Å². The van der Waals surface area contributed by atoms with Gasteiger partial charge in [-0.1, -0.05) is 31.2 Å². The van der Waals surface area contributed by atoms with Gasteiger partial charge in [0.25, 0.3) is 5.91 Å². The molecule has 0 N–H and O–H groups in total. The van der Waals surface area contributed by atoms with Gasteiger partial charge in [-0.25, -0.2) is 0 Å². The zero-order valence-electron chi connectivity index (χ0n) is 20.7. The molecule has 3 aromatic rings. The third-order valence-electron chi connectivity index (χ3n) is 6.53. The number of nitrogens with zero attached hydrogens (tertiary/aromatic N) is 2. The second-order valence-corrected chi connectivity index (χ2v) is 9.97. The molecule has 1 aliphatic rings. The summed E-state index contributed by atoms with van der Waals surface area (Å²) in [6, 6.07) is 15.3. The largest absolute Gasteiger partial charge is 0.454 e. The normalized spacial score (nSPS) is 12.9. The molecule has 2 heterocycles. The van der Waals surface area contributed by atoms with Crippen LogP contribution in [-0.4, -0.2) is 41.0 Å². The number of carbonyl (C=O) groups is 2. The van der Waals surface area contributed by atoms with Gasteiger partial charge in [-0.15, -0.1) is 11.3 Å². The number of ether oxygens (including phenoxy) is 2. The van der Waals surface area contributed by atoms with Crippen LogP contribution in [0.5, 0.6) is 11.5 Å². The molecule has 2 amide bonds. The van der Waals surface area contributed by atoms with Gasteiger partial charge in [0, 0.05) is 23.0 Å². The Kier molecular flexibility index (Phi) is 7.76. The number of benzene rings is 2. The third-order valence-corrected chi connectivity index (χ3v) is 7.54. The maximum Gasteiger partial charge on any atom is 0.254 e. The molecule has 1 aliphatic heterocycles. The lowest BCUT2D eigenvalue weighted by Gasteiger charge is -2.32. The first kappa shape index (κ1) is 24.8. The van der Waals surface area contributed by atoms with Gasteiger partial charge >= 0.3 is 0 Å². The highest BCUT2D eigenvalue weighted by molar-refractivity contribution is 7.10. The van der Waals surface area contributed by atoms with E-state index in [9.17, 15) is 9.59 Å². The Labute approximate surface area is 211 Å². The van der Waals surface area contributed by atoms with Gasteiger partial charge in [-0.2, -0.15) is 0 Å². The number of amides is 2. The Balaban J connectivity index is 1.59. The Hall–Kier alpha value is -3.32. The molecule has 0 bridgehead atoms. The minimum Gasteiger partial charge on any atom is -0.454 e. The number of fused-ring (bicyclic) bond motifs is 1. The van der Waals surface area contributed by atoms with E-state index in [0.717, 1.165) is 28.0 Å². The van der Waals surface area contributed by atoms with E-state index in [1.54, 1.807) is 16.2 Å². The minimum atomic E-state index is -0.110. The van der Waals surface area contributed by atoms with E-state index in [1.165, 1.54) is 0 Å². The summed E-state index contributed by atoms with van der Waals surface area (Å²) >= 11 is 1.64. The van der Waals surface area contributed by atoms with E-state index in [-0.39, 0.29) is 31.2 Å². The van der Waals surface area contributed by atoms with Crippen LogP contribution in [0.2, 0.25) is 0 Å². The maximum atomic E-state index is 13.8. The van der Waals surface area contributed by atoms with Gasteiger partial charge in [0.15, 0.2) is 11.5 Å². The molecular weight excluding hydrogens is 460 g/mol. The molecule has 1 aromatic heterocycles.